The van der Waals surface area contributed by atoms with Gasteiger partial charge in [0.25, 0.3) is 11.5 Å². The van der Waals surface area contributed by atoms with Crippen molar-refractivity contribution in [1.82, 2.24) is 9.13 Å². The summed E-state index contributed by atoms with van der Waals surface area (Å²) in [5.74, 6) is -0.637. The van der Waals surface area contributed by atoms with Crippen molar-refractivity contribution in [2.24, 2.45) is 7.05 Å². The van der Waals surface area contributed by atoms with Gasteiger partial charge in [0, 0.05) is 18.8 Å². The van der Waals surface area contributed by atoms with Crippen LogP contribution in [0, 0.1) is 0 Å². The molecule has 0 spiro atoms. The largest absolute Gasteiger partial charge is 0.338 e. The molecule has 5 nitrogen and oxygen atoms in total. The lowest BCUT2D eigenvalue weighted by Crippen LogP contribution is -2.43. The van der Waals surface area contributed by atoms with E-state index in [2.05, 4.69) is 15.9 Å². The number of nitrogens with zero attached hydrogens (tertiary/aromatic N) is 2. The number of aryl methyl sites for hydroxylation is 1. The smallest absolute Gasteiger partial charge is 0.302 e. The number of carbonyl (C=O) groups excluding carboxylic acids is 1. The third-order valence-electron chi connectivity index (χ3n) is 2.43. The molecule has 2 rings (SSSR count). The average Bonchev–Trinajstić information content (AvgIpc) is 2.37. The zero-order valence-electron chi connectivity index (χ0n) is 9.46. The van der Waals surface area contributed by atoms with Gasteiger partial charge in [-0.2, -0.15) is 4.57 Å². The molecule has 2 aromatic rings. The zero-order valence-corrected chi connectivity index (χ0v) is 11.0. The SMILES string of the molecule is Cn1cc(Br)c(=O)n(C(=O)c2ccccc2)c1=O. The van der Waals surface area contributed by atoms with Gasteiger partial charge in [-0.25, -0.2) is 4.79 Å². The summed E-state index contributed by atoms with van der Waals surface area (Å²) < 4.78 is 1.94. The van der Waals surface area contributed by atoms with E-state index in [1.807, 2.05) is 0 Å². The lowest BCUT2D eigenvalue weighted by Gasteiger charge is -2.06. The second-order valence-corrected chi connectivity index (χ2v) is 4.54. The molecule has 1 aromatic heterocycles. The molecular weight excluding hydrogens is 300 g/mol. The first-order chi connectivity index (χ1) is 8.52. The quantitative estimate of drug-likeness (QED) is 0.789. The molecule has 0 atom stereocenters. The van der Waals surface area contributed by atoms with Gasteiger partial charge in [0.2, 0.25) is 0 Å². The van der Waals surface area contributed by atoms with E-state index in [9.17, 15) is 14.4 Å². The third kappa shape index (κ3) is 2.06. The van der Waals surface area contributed by atoms with Gasteiger partial charge in [0.1, 0.15) is 0 Å². The van der Waals surface area contributed by atoms with Gasteiger partial charge in [-0.1, -0.05) is 18.2 Å². The second kappa shape index (κ2) is 4.73. The van der Waals surface area contributed by atoms with Crippen molar-refractivity contribution in [3.05, 3.63) is 67.4 Å². The first-order valence-corrected chi connectivity index (χ1v) is 5.89. The summed E-state index contributed by atoms with van der Waals surface area (Å²) >= 11 is 3.03. The van der Waals surface area contributed by atoms with E-state index >= 15 is 0 Å². The van der Waals surface area contributed by atoms with Crippen LogP contribution in [-0.4, -0.2) is 15.0 Å². The van der Waals surface area contributed by atoms with Gasteiger partial charge >= 0.3 is 5.69 Å². The van der Waals surface area contributed by atoms with Crippen LogP contribution in [0.3, 0.4) is 0 Å². The predicted molar refractivity (Wildman–Crippen MR) is 69.8 cm³/mol. The van der Waals surface area contributed by atoms with Gasteiger partial charge in [-0.3, -0.25) is 9.59 Å². The van der Waals surface area contributed by atoms with Crippen molar-refractivity contribution >= 4 is 21.8 Å². The van der Waals surface area contributed by atoms with Crippen LogP contribution >= 0.6 is 15.9 Å². The van der Waals surface area contributed by atoms with Gasteiger partial charge in [0.05, 0.1) is 4.47 Å². The van der Waals surface area contributed by atoms with Crippen LogP contribution in [0.15, 0.2) is 50.6 Å². The van der Waals surface area contributed by atoms with Crippen LogP contribution in [0.1, 0.15) is 10.4 Å². The molecule has 0 N–H and O–H groups in total. The average molecular weight is 309 g/mol. The van der Waals surface area contributed by atoms with Crippen molar-refractivity contribution in [3.63, 3.8) is 0 Å². The Hall–Kier alpha value is -1.95. The minimum Gasteiger partial charge on any atom is -0.302 e. The molecule has 0 bridgehead atoms. The van der Waals surface area contributed by atoms with E-state index in [1.54, 1.807) is 30.3 Å². The molecule has 0 aliphatic carbocycles. The van der Waals surface area contributed by atoms with Crippen molar-refractivity contribution in [3.8, 4) is 0 Å². The minimum atomic E-state index is -0.669. The summed E-state index contributed by atoms with van der Waals surface area (Å²) in [4.78, 5) is 35.8. The van der Waals surface area contributed by atoms with Crippen LogP contribution in [0.25, 0.3) is 0 Å². The molecular formula is C12H9BrN2O3. The Bertz CT molecular complexity index is 682. The van der Waals surface area contributed by atoms with Crippen LogP contribution in [-0.2, 0) is 7.05 Å². The molecule has 0 saturated heterocycles. The Morgan fingerprint density at radius 3 is 2.39 bits per heavy atom. The summed E-state index contributed by atoms with van der Waals surface area (Å²) in [5.41, 5.74) is -1.04. The summed E-state index contributed by atoms with van der Waals surface area (Å²) in [6.07, 6.45) is 1.33. The Morgan fingerprint density at radius 1 is 1.17 bits per heavy atom. The number of aromatic nitrogens is 2. The monoisotopic (exact) mass is 308 g/mol. The molecule has 0 unspecified atom stereocenters. The highest BCUT2D eigenvalue weighted by molar-refractivity contribution is 9.10. The molecule has 0 aliphatic heterocycles. The molecule has 92 valence electrons. The Kier molecular flexibility index (Phi) is 3.29. The van der Waals surface area contributed by atoms with Crippen molar-refractivity contribution in [2.45, 2.75) is 0 Å². The highest BCUT2D eigenvalue weighted by atomic mass is 79.9. The van der Waals surface area contributed by atoms with Crippen LogP contribution < -0.4 is 11.2 Å². The fourth-order valence-corrected chi connectivity index (χ4v) is 2.01. The highest BCUT2D eigenvalue weighted by Crippen LogP contribution is 2.02. The Balaban J connectivity index is 2.70. The third-order valence-corrected chi connectivity index (χ3v) is 2.98. The standard InChI is InChI=1S/C12H9BrN2O3/c1-14-7-9(13)11(17)15(12(14)18)10(16)8-5-3-2-4-6-8/h2-7H,1H3. The molecule has 6 heteroatoms. The number of hydrogen-bond donors (Lipinski definition) is 0. The summed E-state index contributed by atoms with van der Waals surface area (Å²) in [6, 6.07) is 8.18. The topological polar surface area (TPSA) is 61.1 Å². The van der Waals surface area contributed by atoms with E-state index in [1.165, 1.54) is 17.8 Å². The maximum atomic E-state index is 12.1. The Labute approximate surface area is 110 Å². The highest BCUT2D eigenvalue weighted by Gasteiger charge is 2.16. The van der Waals surface area contributed by atoms with Gasteiger partial charge in [-0.15, -0.1) is 0 Å². The first-order valence-electron chi connectivity index (χ1n) is 5.10. The van der Waals surface area contributed by atoms with Crippen molar-refractivity contribution in [2.75, 3.05) is 0 Å². The van der Waals surface area contributed by atoms with Crippen LogP contribution in [0.4, 0.5) is 0 Å². The molecule has 0 aliphatic rings. The summed E-state index contributed by atoms with van der Waals surface area (Å²) in [5, 5.41) is 0. The van der Waals surface area contributed by atoms with E-state index in [4.69, 9.17) is 0 Å². The molecule has 1 heterocycles. The van der Waals surface area contributed by atoms with E-state index in [0.29, 0.717) is 4.57 Å². The number of halogens is 1. The zero-order chi connectivity index (χ0) is 13.3. The fourth-order valence-electron chi connectivity index (χ4n) is 1.52. The summed E-state index contributed by atoms with van der Waals surface area (Å²) in [7, 11) is 1.47. The molecule has 0 fully saturated rings. The molecule has 0 saturated carbocycles. The molecule has 0 radical (unpaired) electrons. The molecule has 0 amide bonds. The lowest BCUT2D eigenvalue weighted by molar-refractivity contribution is 0.0948. The van der Waals surface area contributed by atoms with Gasteiger partial charge < -0.3 is 4.57 Å². The van der Waals surface area contributed by atoms with Crippen molar-refractivity contribution in [1.29, 1.82) is 0 Å². The van der Waals surface area contributed by atoms with Gasteiger partial charge in [-0.05, 0) is 28.1 Å². The van der Waals surface area contributed by atoms with Crippen LogP contribution in [0.2, 0.25) is 0 Å². The lowest BCUT2D eigenvalue weighted by atomic mass is 10.2. The van der Waals surface area contributed by atoms with E-state index in [-0.39, 0.29) is 10.0 Å². The van der Waals surface area contributed by atoms with Crippen molar-refractivity contribution < 1.29 is 4.79 Å². The molecule has 1 aromatic carbocycles. The summed E-state index contributed by atoms with van der Waals surface area (Å²) in [6.45, 7) is 0. The Morgan fingerprint density at radius 2 is 1.78 bits per heavy atom. The molecule has 18 heavy (non-hydrogen) atoms. The predicted octanol–water partition coefficient (Wildman–Crippen LogP) is 0.998. The maximum absolute atomic E-state index is 12.1. The van der Waals surface area contributed by atoms with Gasteiger partial charge in [0.15, 0.2) is 0 Å². The number of hydrogen-bond acceptors (Lipinski definition) is 3. The van der Waals surface area contributed by atoms with E-state index < -0.39 is 17.2 Å². The van der Waals surface area contributed by atoms with E-state index in [0.717, 1.165) is 0 Å². The second-order valence-electron chi connectivity index (χ2n) is 3.68. The normalized spacial score (nSPS) is 10.3. The number of benzene rings is 1. The number of carbonyl (C=O) groups is 1. The fraction of sp³-hybridized carbons (Fsp3) is 0.0833. The van der Waals surface area contributed by atoms with Crippen LogP contribution in [0.5, 0.6) is 0 Å². The first kappa shape index (κ1) is 12.5. The minimum absolute atomic E-state index is 0.161. The number of rotatable bonds is 1. The maximum Gasteiger partial charge on any atom is 0.338 e.